The summed E-state index contributed by atoms with van der Waals surface area (Å²) in [5.74, 6) is 0.400. The van der Waals surface area contributed by atoms with E-state index < -0.39 is 19.6 Å². The highest BCUT2D eigenvalue weighted by Crippen LogP contribution is 2.28. The second kappa shape index (κ2) is 6.47. The number of rotatable bonds is 5. The van der Waals surface area contributed by atoms with Gasteiger partial charge in [0, 0.05) is 15.9 Å². The lowest BCUT2D eigenvalue weighted by Crippen LogP contribution is -2.19. The summed E-state index contributed by atoms with van der Waals surface area (Å²) >= 11 is 9.10. The van der Waals surface area contributed by atoms with Crippen LogP contribution in [0.2, 0.25) is 5.02 Å². The summed E-state index contributed by atoms with van der Waals surface area (Å²) in [5, 5.41) is 0.927. The van der Waals surface area contributed by atoms with Crippen molar-refractivity contribution in [2.45, 2.75) is 11.5 Å². The first kappa shape index (κ1) is 14.6. The third-order valence-corrected chi connectivity index (χ3v) is 2.69. The maximum absolute atomic E-state index is 11.8. The van der Waals surface area contributed by atoms with E-state index >= 15 is 0 Å². The smallest absolute Gasteiger partial charge is 0.411 e. The number of ether oxygens (including phenoxy) is 2. The maximum atomic E-state index is 11.8. The summed E-state index contributed by atoms with van der Waals surface area (Å²) in [6, 6.07) is 4.93. The molecule has 0 bridgehead atoms. The van der Waals surface area contributed by atoms with Crippen LogP contribution in [-0.4, -0.2) is 19.6 Å². The summed E-state index contributed by atoms with van der Waals surface area (Å²) in [5.41, 5.74) is 0.671. The van der Waals surface area contributed by atoms with E-state index in [2.05, 4.69) is 20.7 Å². The second-order valence-electron chi connectivity index (χ2n) is 3.08. The first-order valence-electron chi connectivity index (χ1n) is 4.54. The van der Waals surface area contributed by atoms with Gasteiger partial charge < -0.3 is 9.47 Å². The van der Waals surface area contributed by atoms with Crippen LogP contribution in [0, 0.1) is 0 Å². The Bertz CT molecular complexity index is 371. The molecule has 0 aliphatic carbocycles. The first-order valence-corrected chi connectivity index (χ1v) is 6.04. The Morgan fingerprint density at radius 2 is 2.00 bits per heavy atom. The number of hydrogen-bond acceptors (Lipinski definition) is 2. The normalized spacial score (nSPS) is 11.6. The van der Waals surface area contributed by atoms with E-state index in [1.807, 2.05) is 0 Å². The molecule has 0 aliphatic rings. The van der Waals surface area contributed by atoms with E-state index in [0.29, 0.717) is 21.7 Å². The molecule has 1 aromatic carbocycles. The number of alkyl halides is 4. The lowest BCUT2D eigenvalue weighted by molar-refractivity contribution is -0.186. The van der Waals surface area contributed by atoms with Gasteiger partial charge in [-0.2, -0.15) is 13.2 Å². The molecule has 0 saturated heterocycles. The quantitative estimate of drug-likeness (QED) is 0.458. The van der Waals surface area contributed by atoms with E-state index in [1.54, 1.807) is 18.2 Å². The molecule has 1 rings (SSSR count). The molecule has 0 radical (unpaired) electrons. The highest BCUT2D eigenvalue weighted by molar-refractivity contribution is 9.08. The van der Waals surface area contributed by atoms with Crippen LogP contribution >= 0.6 is 27.5 Å². The molecule has 17 heavy (non-hydrogen) atoms. The lowest BCUT2D eigenvalue weighted by atomic mass is 10.2. The van der Waals surface area contributed by atoms with Crippen LogP contribution in [0.1, 0.15) is 5.56 Å². The van der Waals surface area contributed by atoms with E-state index in [-0.39, 0.29) is 0 Å². The molecule has 0 saturated carbocycles. The van der Waals surface area contributed by atoms with Gasteiger partial charge in [0.25, 0.3) is 0 Å². The van der Waals surface area contributed by atoms with Crippen LogP contribution in [0.4, 0.5) is 13.2 Å². The van der Waals surface area contributed by atoms with Gasteiger partial charge in [-0.25, -0.2) is 0 Å². The van der Waals surface area contributed by atoms with Crippen molar-refractivity contribution in [3.63, 3.8) is 0 Å². The monoisotopic (exact) mass is 332 g/mol. The molecule has 0 aromatic heterocycles. The van der Waals surface area contributed by atoms with Gasteiger partial charge in [-0.05, 0) is 12.1 Å². The predicted octanol–water partition coefficient (Wildman–Crippen LogP) is 4.15. The third-order valence-electron chi connectivity index (χ3n) is 1.77. The van der Waals surface area contributed by atoms with Crippen LogP contribution < -0.4 is 4.74 Å². The standard InChI is InChI=1S/C10H9BrClF3O2/c11-4-7-8(12)2-1-3-9(7)17-6-16-5-10(13,14)15/h1-3H,4-6H2. The fourth-order valence-electron chi connectivity index (χ4n) is 1.07. The lowest BCUT2D eigenvalue weighted by Gasteiger charge is -2.12. The molecule has 2 nitrogen and oxygen atoms in total. The molecule has 0 N–H and O–H groups in total. The first-order chi connectivity index (χ1) is 7.94. The third kappa shape index (κ3) is 5.14. The largest absolute Gasteiger partial charge is 0.467 e. The molecule has 0 amide bonds. The molecule has 0 unspecified atom stereocenters. The van der Waals surface area contributed by atoms with Gasteiger partial charge in [0.2, 0.25) is 0 Å². The zero-order valence-corrected chi connectivity index (χ0v) is 10.9. The Balaban J connectivity index is 2.49. The van der Waals surface area contributed by atoms with E-state index in [4.69, 9.17) is 16.3 Å². The Morgan fingerprint density at radius 3 is 2.59 bits per heavy atom. The van der Waals surface area contributed by atoms with E-state index in [9.17, 15) is 13.2 Å². The minimum atomic E-state index is -4.35. The number of hydrogen-bond donors (Lipinski definition) is 0. The van der Waals surface area contributed by atoms with Gasteiger partial charge in [0.15, 0.2) is 6.79 Å². The van der Waals surface area contributed by atoms with Crippen LogP contribution in [0.3, 0.4) is 0 Å². The van der Waals surface area contributed by atoms with Crippen LogP contribution in [0.5, 0.6) is 5.75 Å². The fourth-order valence-corrected chi connectivity index (χ4v) is 2.04. The van der Waals surface area contributed by atoms with Crippen LogP contribution in [-0.2, 0) is 10.1 Å². The number of benzene rings is 1. The van der Waals surface area contributed by atoms with Gasteiger partial charge in [-0.1, -0.05) is 33.6 Å². The Hall–Kier alpha value is -0.460. The zero-order valence-electron chi connectivity index (χ0n) is 8.56. The minimum absolute atomic E-state index is 0.400. The Kier molecular flexibility index (Phi) is 5.55. The average molecular weight is 334 g/mol. The average Bonchev–Trinajstić information content (AvgIpc) is 2.23. The topological polar surface area (TPSA) is 18.5 Å². The molecular weight excluding hydrogens is 324 g/mol. The van der Waals surface area contributed by atoms with Crippen LogP contribution in [0.25, 0.3) is 0 Å². The van der Waals surface area contributed by atoms with Gasteiger partial charge in [0.05, 0.1) is 0 Å². The van der Waals surface area contributed by atoms with Gasteiger partial charge in [-0.15, -0.1) is 0 Å². The number of halogens is 5. The van der Waals surface area contributed by atoms with Gasteiger partial charge in [0.1, 0.15) is 12.4 Å². The molecule has 0 heterocycles. The highest BCUT2D eigenvalue weighted by Gasteiger charge is 2.27. The van der Waals surface area contributed by atoms with Gasteiger partial charge >= 0.3 is 6.18 Å². The van der Waals surface area contributed by atoms with Gasteiger partial charge in [-0.3, -0.25) is 0 Å². The highest BCUT2D eigenvalue weighted by atomic mass is 79.9. The van der Waals surface area contributed by atoms with Crippen LogP contribution in [0.15, 0.2) is 18.2 Å². The summed E-state index contributed by atoms with van der Waals surface area (Å²) < 4.78 is 44.7. The molecule has 0 aliphatic heterocycles. The molecule has 0 spiro atoms. The predicted molar refractivity (Wildman–Crippen MR) is 61.6 cm³/mol. The van der Waals surface area contributed by atoms with Crippen molar-refractivity contribution in [3.05, 3.63) is 28.8 Å². The van der Waals surface area contributed by atoms with Crippen molar-refractivity contribution in [3.8, 4) is 5.75 Å². The minimum Gasteiger partial charge on any atom is -0.467 e. The fraction of sp³-hybridized carbons (Fsp3) is 0.400. The van der Waals surface area contributed by atoms with Crippen molar-refractivity contribution in [2.24, 2.45) is 0 Å². The summed E-state index contributed by atoms with van der Waals surface area (Å²) in [7, 11) is 0. The molecule has 96 valence electrons. The summed E-state index contributed by atoms with van der Waals surface area (Å²) in [6.07, 6.45) is -4.35. The van der Waals surface area contributed by atoms with Crippen molar-refractivity contribution in [1.29, 1.82) is 0 Å². The molecular formula is C10H9BrClF3O2. The summed E-state index contributed by atoms with van der Waals surface area (Å²) in [6.45, 7) is -1.81. The van der Waals surface area contributed by atoms with E-state index in [1.165, 1.54) is 0 Å². The van der Waals surface area contributed by atoms with Crippen molar-refractivity contribution < 1.29 is 22.6 Å². The Morgan fingerprint density at radius 1 is 1.29 bits per heavy atom. The van der Waals surface area contributed by atoms with Crippen molar-refractivity contribution >= 4 is 27.5 Å². The molecule has 0 atom stereocenters. The SMILES string of the molecule is FC(F)(F)COCOc1cccc(Cl)c1CBr. The molecule has 1 aromatic rings. The van der Waals surface area contributed by atoms with Crippen molar-refractivity contribution in [1.82, 2.24) is 0 Å². The Labute approximate surface area is 110 Å². The van der Waals surface area contributed by atoms with E-state index in [0.717, 1.165) is 0 Å². The zero-order chi connectivity index (χ0) is 12.9. The molecule has 7 heteroatoms. The maximum Gasteiger partial charge on any atom is 0.411 e. The summed E-state index contributed by atoms with van der Waals surface area (Å²) in [4.78, 5) is 0. The van der Waals surface area contributed by atoms with Crippen molar-refractivity contribution in [2.75, 3.05) is 13.4 Å². The second-order valence-corrected chi connectivity index (χ2v) is 4.04. The molecule has 0 fully saturated rings.